The summed E-state index contributed by atoms with van der Waals surface area (Å²) in [5, 5.41) is 3.50. The molecule has 90 valence electrons. The highest BCUT2D eigenvalue weighted by Gasteiger charge is 2.23. The Labute approximate surface area is 93.5 Å². The van der Waals surface area contributed by atoms with Crippen molar-refractivity contribution in [1.82, 2.24) is 5.32 Å². The van der Waals surface area contributed by atoms with Crippen LogP contribution in [0, 0.1) is 11.8 Å². The lowest BCUT2D eigenvalue weighted by molar-refractivity contribution is -0.119. The predicted molar refractivity (Wildman–Crippen MR) is 61.8 cm³/mol. The van der Waals surface area contributed by atoms with E-state index in [0.29, 0.717) is 0 Å². The summed E-state index contributed by atoms with van der Waals surface area (Å²) in [4.78, 5) is 0. The molecule has 3 heteroatoms. The van der Waals surface area contributed by atoms with Gasteiger partial charge in [-0.1, -0.05) is 13.3 Å². The standard InChI is InChI=1S/C12H25NO2/c1-9-5-6-11(7-9)8-13-10(2)12(14-3)15-4/h9-13H,5-8H2,1-4H3. The van der Waals surface area contributed by atoms with Gasteiger partial charge >= 0.3 is 0 Å². The monoisotopic (exact) mass is 215 g/mol. The van der Waals surface area contributed by atoms with Crippen LogP contribution in [0.2, 0.25) is 0 Å². The van der Waals surface area contributed by atoms with Gasteiger partial charge in [-0.2, -0.15) is 0 Å². The zero-order valence-electron chi connectivity index (χ0n) is 10.5. The van der Waals surface area contributed by atoms with Gasteiger partial charge in [0.2, 0.25) is 0 Å². The highest BCUT2D eigenvalue weighted by molar-refractivity contribution is 4.76. The smallest absolute Gasteiger partial charge is 0.171 e. The molecule has 1 saturated carbocycles. The minimum absolute atomic E-state index is 0.135. The summed E-state index contributed by atoms with van der Waals surface area (Å²) in [5.74, 6) is 1.75. The Kier molecular flexibility index (Phi) is 5.58. The Bertz CT molecular complexity index is 171. The first-order chi connectivity index (χ1) is 7.17. The average Bonchev–Trinajstić information content (AvgIpc) is 2.63. The maximum Gasteiger partial charge on any atom is 0.171 e. The van der Waals surface area contributed by atoms with E-state index in [1.165, 1.54) is 19.3 Å². The van der Waals surface area contributed by atoms with Crippen molar-refractivity contribution in [1.29, 1.82) is 0 Å². The molecule has 1 aliphatic carbocycles. The summed E-state index contributed by atoms with van der Waals surface area (Å²) in [7, 11) is 3.37. The molecule has 0 radical (unpaired) electrons. The minimum Gasteiger partial charge on any atom is -0.354 e. The Morgan fingerprint density at radius 2 is 1.93 bits per heavy atom. The molecule has 0 saturated heterocycles. The number of rotatable bonds is 6. The first-order valence-electron chi connectivity index (χ1n) is 5.96. The third kappa shape index (κ3) is 4.09. The van der Waals surface area contributed by atoms with Gasteiger partial charge in [-0.15, -0.1) is 0 Å². The van der Waals surface area contributed by atoms with E-state index in [1.54, 1.807) is 14.2 Å². The molecule has 0 aromatic heterocycles. The number of nitrogens with one attached hydrogen (secondary N) is 1. The Morgan fingerprint density at radius 3 is 2.40 bits per heavy atom. The van der Waals surface area contributed by atoms with Crippen molar-refractivity contribution in [3.63, 3.8) is 0 Å². The fraction of sp³-hybridized carbons (Fsp3) is 1.00. The SMILES string of the molecule is COC(OC)C(C)NCC1CCC(C)C1. The summed E-state index contributed by atoms with van der Waals surface area (Å²) in [5.41, 5.74) is 0. The van der Waals surface area contributed by atoms with E-state index in [2.05, 4.69) is 19.2 Å². The number of hydrogen-bond acceptors (Lipinski definition) is 3. The summed E-state index contributed by atoms with van der Waals surface area (Å²) >= 11 is 0. The van der Waals surface area contributed by atoms with Crippen LogP contribution in [0.3, 0.4) is 0 Å². The van der Waals surface area contributed by atoms with Gasteiger partial charge < -0.3 is 14.8 Å². The molecule has 0 spiro atoms. The van der Waals surface area contributed by atoms with Crippen LogP contribution < -0.4 is 5.32 Å². The highest BCUT2D eigenvalue weighted by atomic mass is 16.7. The molecular formula is C12H25NO2. The summed E-state index contributed by atoms with van der Waals surface area (Å²) in [6, 6.07) is 0.260. The van der Waals surface area contributed by atoms with Crippen LogP contribution in [0.15, 0.2) is 0 Å². The number of hydrogen-bond donors (Lipinski definition) is 1. The van der Waals surface area contributed by atoms with Crippen LogP contribution in [-0.4, -0.2) is 33.1 Å². The van der Waals surface area contributed by atoms with E-state index >= 15 is 0 Å². The van der Waals surface area contributed by atoms with Crippen molar-refractivity contribution < 1.29 is 9.47 Å². The molecule has 0 aromatic carbocycles. The van der Waals surface area contributed by atoms with E-state index in [9.17, 15) is 0 Å². The number of ether oxygens (including phenoxy) is 2. The quantitative estimate of drug-likeness (QED) is 0.688. The van der Waals surface area contributed by atoms with Crippen LogP contribution in [0.25, 0.3) is 0 Å². The van der Waals surface area contributed by atoms with Crippen LogP contribution >= 0.6 is 0 Å². The topological polar surface area (TPSA) is 30.5 Å². The molecule has 3 atom stereocenters. The minimum atomic E-state index is -0.135. The van der Waals surface area contributed by atoms with Crippen molar-refractivity contribution in [3.8, 4) is 0 Å². The highest BCUT2D eigenvalue weighted by Crippen LogP contribution is 2.29. The molecule has 1 fully saturated rings. The largest absolute Gasteiger partial charge is 0.354 e. The van der Waals surface area contributed by atoms with Gasteiger partial charge in [-0.25, -0.2) is 0 Å². The van der Waals surface area contributed by atoms with E-state index in [1.807, 2.05) is 0 Å². The second kappa shape index (κ2) is 6.46. The number of methoxy groups -OCH3 is 2. The van der Waals surface area contributed by atoms with Crippen molar-refractivity contribution in [2.24, 2.45) is 11.8 Å². The zero-order valence-corrected chi connectivity index (χ0v) is 10.5. The van der Waals surface area contributed by atoms with Gasteiger partial charge in [0.25, 0.3) is 0 Å². The summed E-state index contributed by atoms with van der Waals surface area (Å²) < 4.78 is 10.4. The van der Waals surface area contributed by atoms with Gasteiger partial charge in [-0.3, -0.25) is 0 Å². The molecule has 1 aliphatic rings. The lowest BCUT2D eigenvalue weighted by atomic mass is 10.1. The van der Waals surface area contributed by atoms with Crippen molar-refractivity contribution >= 4 is 0 Å². The maximum atomic E-state index is 5.21. The molecule has 0 heterocycles. The van der Waals surface area contributed by atoms with E-state index < -0.39 is 0 Å². The van der Waals surface area contributed by atoms with Gasteiger partial charge in [0.1, 0.15) is 0 Å². The van der Waals surface area contributed by atoms with Crippen molar-refractivity contribution in [2.45, 2.75) is 45.4 Å². The van der Waals surface area contributed by atoms with Crippen LogP contribution in [0.4, 0.5) is 0 Å². The zero-order chi connectivity index (χ0) is 11.3. The maximum absolute atomic E-state index is 5.21. The third-order valence-electron chi connectivity index (χ3n) is 3.40. The van der Waals surface area contributed by atoms with Crippen LogP contribution in [0.1, 0.15) is 33.1 Å². The molecule has 0 aromatic rings. The van der Waals surface area contributed by atoms with Gasteiger partial charge in [-0.05, 0) is 38.1 Å². The average molecular weight is 215 g/mol. The molecule has 0 bridgehead atoms. The molecule has 1 N–H and O–H groups in total. The first kappa shape index (κ1) is 12.9. The summed E-state index contributed by atoms with van der Waals surface area (Å²) in [6.07, 6.45) is 3.98. The Hall–Kier alpha value is -0.120. The fourth-order valence-corrected chi connectivity index (χ4v) is 2.46. The molecule has 0 amide bonds. The molecular weight excluding hydrogens is 190 g/mol. The second-order valence-electron chi connectivity index (χ2n) is 4.82. The lowest BCUT2D eigenvalue weighted by Gasteiger charge is -2.23. The predicted octanol–water partition coefficient (Wildman–Crippen LogP) is 2.02. The molecule has 1 rings (SSSR count). The normalized spacial score (nSPS) is 28.6. The van der Waals surface area contributed by atoms with Gasteiger partial charge in [0.05, 0.1) is 6.04 Å². The Morgan fingerprint density at radius 1 is 1.27 bits per heavy atom. The van der Waals surface area contributed by atoms with Crippen molar-refractivity contribution in [2.75, 3.05) is 20.8 Å². The first-order valence-corrected chi connectivity index (χ1v) is 5.96. The van der Waals surface area contributed by atoms with Gasteiger partial charge in [0.15, 0.2) is 6.29 Å². The van der Waals surface area contributed by atoms with E-state index in [-0.39, 0.29) is 12.3 Å². The van der Waals surface area contributed by atoms with E-state index in [0.717, 1.165) is 18.4 Å². The van der Waals surface area contributed by atoms with Crippen molar-refractivity contribution in [3.05, 3.63) is 0 Å². The summed E-state index contributed by atoms with van der Waals surface area (Å²) in [6.45, 7) is 5.54. The molecule has 3 unspecified atom stereocenters. The lowest BCUT2D eigenvalue weighted by Crippen LogP contribution is -2.41. The van der Waals surface area contributed by atoms with Crippen LogP contribution in [0.5, 0.6) is 0 Å². The van der Waals surface area contributed by atoms with E-state index in [4.69, 9.17) is 9.47 Å². The molecule has 15 heavy (non-hydrogen) atoms. The third-order valence-corrected chi connectivity index (χ3v) is 3.40. The molecule has 0 aliphatic heterocycles. The Balaban J connectivity index is 2.18. The van der Waals surface area contributed by atoms with Crippen LogP contribution in [-0.2, 0) is 9.47 Å². The second-order valence-corrected chi connectivity index (χ2v) is 4.82. The van der Waals surface area contributed by atoms with Gasteiger partial charge in [0, 0.05) is 14.2 Å². The molecule has 3 nitrogen and oxygen atoms in total. The fourth-order valence-electron chi connectivity index (χ4n) is 2.46.